The molecule has 1 aliphatic rings. The zero-order valence-corrected chi connectivity index (χ0v) is 12.6. The molecule has 0 unspecified atom stereocenters. The predicted octanol–water partition coefficient (Wildman–Crippen LogP) is 2.42. The number of H-pyrrole nitrogens is 1. The summed E-state index contributed by atoms with van der Waals surface area (Å²) in [5, 5.41) is 8.73. The Morgan fingerprint density at radius 1 is 1.26 bits per heavy atom. The van der Waals surface area contributed by atoms with E-state index in [1.54, 1.807) is 6.20 Å². The van der Waals surface area contributed by atoms with Crippen molar-refractivity contribution >= 4 is 31.9 Å². The summed E-state index contributed by atoms with van der Waals surface area (Å²) in [5.41, 5.74) is -0.474. The van der Waals surface area contributed by atoms with Crippen molar-refractivity contribution in [3.63, 3.8) is 0 Å². The molecule has 0 aromatic carbocycles. The number of pyridine rings is 2. The molecule has 0 amide bonds. The molecule has 2 aromatic heterocycles. The van der Waals surface area contributed by atoms with Crippen LogP contribution in [-0.2, 0) is 0 Å². The summed E-state index contributed by atoms with van der Waals surface area (Å²) in [5.74, 6) is 1.00. The minimum atomic E-state index is -0.474. The Labute approximate surface area is 124 Å². The summed E-state index contributed by atoms with van der Waals surface area (Å²) in [4.78, 5) is 16.7. The Kier molecular flexibility index (Phi) is 4.43. The van der Waals surface area contributed by atoms with Gasteiger partial charge in [0, 0.05) is 33.5 Å². The number of hydrogen-bond acceptors (Lipinski definition) is 5. The lowest BCUT2D eigenvalue weighted by molar-refractivity contribution is 0.171. The van der Waals surface area contributed by atoms with Gasteiger partial charge in [0.05, 0.1) is 0 Å². The van der Waals surface area contributed by atoms with Crippen molar-refractivity contribution in [2.45, 2.75) is 0 Å². The van der Waals surface area contributed by atoms with Gasteiger partial charge in [-0.05, 0) is 31.9 Å². The van der Waals surface area contributed by atoms with Gasteiger partial charge in [-0.25, -0.2) is 4.98 Å². The van der Waals surface area contributed by atoms with Gasteiger partial charge in [0.2, 0.25) is 6.79 Å². The number of aromatic hydroxyl groups is 1. The molecule has 3 heterocycles. The fourth-order valence-electron chi connectivity index (χ4n) is 1.21. The molecule has 8 heteroatoms. The third-order valence-electron chi connectivity index (χ3n) is 2.04. The summed E-state index contributed by atoms with van der Waals surface area (Å²) < 4.78 is 11.6. The molecule has 0 aliphatic carbocycles. The minimum absolute atomic E-state index is 0.274. The average Bonchev–Trinajstić information content (AvgIpc) is 2.82. The summed E-state index contributed by atoms with van der Waals surface area (Å²) >= 11 is 6.33. The van der Waals surface area contributed by atoms with Crippen LogP contribution in [0.25, 0.3) is 0 Å². The van der Waals surface area contributed by atoms with Crippen LogP contribution < -0.4 is 15.0 Å². The van der Waals surface area contributed by atoms with Gasteiger partial charge in [0.1, 0.15) is 0 Å². The zero-order valence-electron chi connectivity index (χ0n) is 9.39. The molecule has 2 aromatic rings. The van der Waals surface area contributed by atoms with E-state index in [0.717, 1.165) is 4.47 Å². The van der Waals surface area contributed by atoms with Gasteiger partial charge in [-0.2, -0.15) is 0 Å². The van der Waals surface area contributed by atoms with Gasteiger partial charge in [-0.3, -0.25) is 4.79 Å². The molecule has 0 bridgehead atoms. The van der Waals surface area contributed by atoms with Crippen LogP contribution in [-0.4, -0.2) is 21.9 Å². The molecule has 0 spiro atoms. The van der Waals surface area contributed by atoms with Crippen molar-refractivity contribution in [2.24, 2.45) is 0 Å². The monoisotopic (exact) mass is 390 g/mol. The van der Waals surface area contributed by atoms with Gasteiger partial charge in [0.15, 0.2) is 11.5 Å². The first kappa shape index (κ1) is 13.9. The summed E-state index contributed by atoms with van der Waals surface area (Å²) in [6.45, 7) is 0.277. The first-order valence-corrected chi connectivity index (χ1v) is 6.63. The second-order valence-electron chi connectivity index (χ2n) is 3.40. The number of nitrogens with one attached hydrogen (secondary N) is 1. The van der Waals surface area contributed by atoms with Gasteiger partial charge in [-0.15, -0.1) is 0 Å². The van der Waals surface area contributed by atoms with Crippen LogP contribution >= 0.6 is 31.9 Å². The van der Waals surface area contributed by atoms with Crippen LogP contribution in [0.15, 0.2) is 38.3 Å². The van der Waals surface area contributed by atoms with Crippen molar-refractivity contribution in [3.05, 3.63) is 43.8 Å². The normalized spacial score (nSPS) is 11.7. The quantitative estimate of drug-likeness (QED) is 0.720. The van der Waals surface area contributed by atoms with Crippen molar-refractivity contribution in [3.8, 4) is 17.4 Å². The molecule has 3 rings (SSSR count). The molecule has 1 aliphatic heterocycles. The third-order valence-corrected chi connectivity index (χ3v) is 2.93. The minimum Gasteiger partial charge on any atom is -0.503 e. The number of aromatic amines is 1. The van der Waals surface area contributed by atoms with Crippen LogP contribution in [0.1, 0.15) is 0 Å². The first-order valence-electron chi connectivity index (χ1n) is 5.04. The molecule has 0 saturated carbocycles. The molecule has 2 N–H and O–H groups in total. The van der Waals surface area contributed by atoms with E-state index < -0.39 is 5.56 Å². The van der Waals surface area contributed by atoms with E-state index in [1.807, 2.05) is 6.07 Å². The van der Waals surface area contributed by atoms with Crippen molar-refractivity contribution < 1.29 is 14.6 Å². The van der Waals surface area contributed by atoms with E-state index in [-0.39, 0.29) is 12.5 Å². The number of aromatic nitrogens is 2. The van der Waals surface area contributed by atoms with Crippen molar-refractivity contribution in [1.82, 2.24) is 9.97 Å². The highest BCUT2D eigenvalue weighted by Crippen LogP contribution is 2.31. The van der Waals surface area contributed by atoms with Gasteiger partial charge in [-0.1, -0.05) is 0 Å². The first-order chi connectivity index (χ1) is 9.06. The topological polar surface area (TPSA) is 84.4 Å². The smallest absolute Gasteiger partial charge is 0.290 e. The standard InChI is InChI=1S/C6H4BrNO2.C5H4BrNO2/c7-4-1-5-6(8-2-4)10-3-9-5;6-3-1-4(8)5(9)7-2-3/h1-2H,3H2;1-2,8H,(H,7,9). The Balaban J connectivity index is 0.000000141. The van der Waals surface area contributed by atoms with Crippen LogP contribution in [0.2, 0.25) is 0 Å². The number of ether oxygens (including phenoxy) is 2. The number of rotatable bonds is 0. The summed E-state index contributed by atoms with van der Waals surface area (Å²) in [6.07, 6.45) is 3.13. The Hall–Kier alpha value is -1.54. The molecular formula is C11H8Br2N2O4. The van der Waals surface area contributed by atoms with Crippen LogP contribution in [0.3, 0.4) is 0 Å². The van der Waals surface area contributed by atoms with Crippen LogP contribution in [0, 0.1) is 0 Å². The van der Waals surface area contributed by atoms with E-state index in [2.05, 4.69) is 41.8 Å². The molecule has 19 heavy (non-hydrogen) atoms. The van der Waals surface area contributed by atoms with Gasteiger partial charge in [0.25, 0.3) is 11.4 Å². The molecule has 6 nitrogen and oxygen atoms in total. The lowest BCUT2D eigenvalue weighted by atomic mass is 10.4. The maximum atomic E-state index is 10.4. The second kappa shape index (κ2) is 6.07. The number of nitrogens with zero attached hydrogens (tertiary/aromatic N) is 1. The Morgan fingerprint density at radius 3 is 2.74 bits per heavy atom. The lowest BCUT2D eigenvalue weighted by Gasteiger charge is -1.92. The van der Waals surface area contributed by atoms with Crippen molar-refractivity contribution in [1.29, 1.82) is 0 Å². The van der Waals surface area contributed by atoms with Gasteiger partial charge >= 0.3 is 0 Å². The summed E-state index contributed by atoms with van der Waals surface area (Å²) in [6, 6.07) is 3.16. The maximum Gasteiger partial charge on any atom is 0.290 e. The average molecular weight is 392 g/mol. The highest BCUT2D eigenvalue weighted by molar-refractivity contribution is 9.10. The number of hydrogen-bond donors (Lipinski definition) is 2. The lowest BCUT2D eigenvalue weighted by Crippen LogP contribution is -2.02. The number of halogens is 2. The van der Waals surface area contributed by atoms with Crippen LogP contribution in [0.4, 0.5) is 0 Å². The van der Waals surface area contributed by atoms with E-state index >= 15 is 0 Å². The zero-order chi connectivity index (χ0) is 13.8. The third kappa shape index (κ3) is 3.71. The fraction of sp³-hybridized carbons (Fsp3) is 0.0909. The highest BCUT2D eigenvalue weighted by atomic mass is 79.9. The van der Waals surface area contributed by atoms with E-state index in [1.165, 1.54) is 12.3 Å². The maximum absolute atomic E-state index is 10.4. The molecule has 0 radical (unpaired) electrons. The van der Waals surface area contributed by atoms with E-state index in [4.69, 9.17) is 14.6 Å². The second-order valence-corrected chi connectivity index (χ2v) is 5.23. The fourth-order valence-corrected chi connectivity index (χ4v) is 1.86. The van der Waals surface area contributed by atoms with Gasteiger partial charge < -0.3 is 19.6 Å². The largest absolute Gasteiger partial charge is 0.503 e. The predicted molar refractivity (Wildman–Crippen MR) is 74.5 cm³/mol. The highest BCUT2D eigenvalue weighted by Gasteiger charge is 2.13. The SMILES string of the molecule is Brc1cnc2c(c1)OCO2.O=c1[nH]cc(Br)cc1O. The Bertz CT molecular complexity index is 645. The molecular weight excluding hydrogens is 384 g/mol. The number of fused-ring (bicyclic) bond motifs is 1. The van der Waals surface area contributed by atoms with Crippen LogP contribution in [0.5, 0.6) is 17.4 Å². The van der Waals surface area contributed by atoms with E-state index in [9.17, 15) is 4.79 Å². The molecule has 0 saturated heterocycles. The molecule has 0 atom stereocenters. The van der Waals surface area contributed by atoms with E-state index in [0.29, 0.717) is 16.1 Å². The Morgan fingerprint density at radius 2 is 2.05 bits per heavy atom. The summed E-state index contributed by atoms with van der Waals surface area (Å²) in [7, 11) is 0. The molecule has 100 valence electrons. The van der Waals surface area contributed by atoms with Crippen molar-refractivity contribution in [2.75, 3.05) is 6.79 Å². The molecule has 0 fully saturated rings.